The number of anilines is 2. The maximum atomic E-state index is 13.1. The number of hydrogen-bond acceptors (Lipinski definition) is 4. The third-order valence-corrected chi connectivity index (χ3v) is 8.13. The molecule has 4 aliphatic rings. The van der Waals surface area contributed by atoms with Gasteiger partial charge in [-0.3, -0.25) is 4.79 Å². The Hall–Kier alpha value is -2.14. The summed E-state index contributed by atoms with van der Waals surface area (Å²) in [5, 5.41) is 11.0. The molecule has 4 bridgehead atoms. The summed E-state index contributed by atoms with van der Waals surface area (Å²) in [5.41, 5.74) is 2.06. The molecule has 0 aliphatic heterocycles. The van der Waals surface area contributed by atoms with Crippen LogP contribution >= 0.6 is 0 Å². The lowest BCUT2D eigenvalue weighted by atomic mass is 9.49. The van der Waals surface area contributed by atoms with Crippen molar-refractivity contribution >= 4 is 28.3 Å². The summed E-state index contributed by atoms with van der Waals surface area (Å²) in [5.74, 6) is 3.68. The lowest BCUT2D eigenvalue weighted by Crippen LogP contribution is -2.47. The van der Waals surface area contributed by atoms with E-state index < -0.39 is 0 Å². The second-order valence-corrected chi connectivity index (χ2v) is 10.9. The Balaban J connectivity index is 1.17. The second kappa shape index (κ2) is 10.0. The number of carbonyl (C=O) groups excluding carboxylic acids is 1. The van der Waals surface area contributed by atoms with E-state index in [2.05, 4.69) is 35.5 Å². The molecule has 4 saturated carbocycles. The van der Waals surface area contributed by atoms with E-state index in [4.69, 9.17) is 4.98 Å². The number of benzene rings is 1. The number of hydrogen-bond donors (Lipinski definition) is 3. The first-order valence-corrected chi connectivity index (χ1v) is 13.1. The highest BCUT2D eigenvalue weighted by molar-refractivity contribution is 6.01. The Kier molecular flexibility index (Phi) is 6.86. The molecule has 177 valence electrons. The number of pyridine rings is 1. The van der Waals surface area contributed by atoms with E-state index in [1.807, 2.05) is 24.3 Å². The fourth-order valence-electron chi connectivity index (χ4n) is 7.18. The van der Waals surface area contributed by atoms with Crippen LogP contribution in [0.4, 0.5) is 11.5 Å². The monoisotopic (exact) mass is 447 g/mol. The van der Waals surface area contributed by atoms with Crippen molar-refractivity contribution in [3.63, 3.8) is 0 Å². The molecule has 1 amide bonds. The van der Waals surface area contributed by atoms with Gasteiger partial charge in [0.2, 0.25) is 5.91 Å². The molecule has 33 heavy (non-hydrogen) atoms. The Morgan fingerprint density at radius 2 is 1.82 bits per heavy atom. The Labute approximate surface area is 198 Å². The van der Waals surface area contributed by atoms with Crippen LogP contribution < -0.4 is 16.0 Å². The van der Waals surface area contributed by atoms with Crippen LogP contribution in [-0.2, 0) is 4.79 Å². The van der Waals surface area contributed by atoms with Gasteiger partial charge in [-0.05, 0) is 92.4 Å². The lowest BCUT2D eigenvalue weighted by molar-refractivity contribution is -0.124. The maximum absolute atomic E-state index is 13.1. The SMILES string of the molecule is CCCC[CH]NCCNc1ccc2c(NC(=O)CC34CC5CC(CC(C5)C3)C4)cccc2n1. The zero-order chi connectivity index (χ0) is 22.7. The third-order valence-electron chi connectivity index (χ3n) is 8.13. The summed E-state index contributed by atoms with van der Waals surface area (Å²) in [7, 11) is 0. The van der Waals surface area contributed by atoms with Gasteiger partial charge in [0.1, 0.15) is 5.82 Å². The molecule has 4 fully saturated rings. The van der Waals surface area contributed by atoms with Crippen LogP contribution in [0.1, 0.15) is 71.1 Å². The van der Waals surface area contributed by atoms with Gasteiger partial charge in [0.15, 0.2) is 0 Å². The topological polar surface area (TPSA) is 66.0 Å². The van der Waals surface area contributed by atoms with E-state index in [0.29, 0.717) is 6.42 Å². The smallest absolute Gasteiger partial charge is 0.224 e. The highest BCUT2D eigenvalue weighted by Gasteiger charge is 2.51. The number of nitrogens with zero attached hydrogens (tertiary/aromatic N) is 1. The first kappa shape index (κ1) is 22.6. The van der Waals surface area contributed by atoms with Crippen LogP contribution in [0, 0.1) is 29.7 Å². The zero-order valence-electron chi connectivity index (χ0n) is 20.0. The predicted octanol–water partition coefficient (Wildman–Crippen LogP) is 6.13. The minimum Gasteiger partial charge on any atom is -0.369 e. The van der Waals surface area contributed by atoms with Crippen LogP contribution in [-0.4, -0.2) is 24.0 Å². The Morgan fingerprint density at radius 3 is 2.55 bits per heavy atom. The van der Waals surface area contributed by atoms with Crippen molar-refractivity contribution in [2.75, 3.05) is 23.7 Å². The van der Waals surface area contributed by atoms with Gasteiger partial charge in [0.25, 0.3) is 0 Å². The quantitative estimate of drug-likeness (QED) is 0.362. The summed E-state index contributed by atoms with van der Waals surface area (Å²) < 4.78 is 0. The molecule has 1 aromatic heterocycles. The Morgan fingerprint density at radius 1 is 1.06 bits per heavy atom. The number of unbranched alkanes of at least 4 members (excludes halogenated alkanes) is 2. The molecule has 5 nitrogen and oxygen atoms in total. The number of rotatable bonds is 11. The zero-order valence-corrected chi connectivity index (χ0v) is 20.0. The van der Waals surface area contributed by atoms with Gasteiger partial charge < -0.3 is 16.0 Å². The van der Waals surface area contributed by atoms with E-state index >= 15 is 0 Å². The van der Waals surface area contributed by atoms with E-state index in [1.165, 1.54) is 51.4 Å². The standard InChI is InChI=1S/C28H39N4O/c1-2-3-4-10-29-11-12-30-26-9-8-23-24(31-26)6-5-7-25(23)32-27(33)19-28-16-20-13-21(17-28)15-22(14-20)18-28/h5-10,20-22,29H,2-4,11-19H2,1H3,(H,30,31)(H,32,33). The normalized spacial score (nSPS) is 27.7. The minimum absolute atomic E-state index is 0.178. The molecule has 4 aliphatic carbocycles. The van der Waals surface area contributed by atoms with E-state index in [0.717, 1.165) is 59.7 Å². The van der Waals surface area contributed by atoms with Gasteiger partial charge in [0, 0.05) is 31.4 Å². The third kappa shape index (κ3) is 5.34. The average Bonchev–Trinajstić information content (AvgIpc) is 2.77. The summed E-state index contributed by atoms with van der Waals surface area (Å²) >= 11 is 0. The number of aromatic nitrogens is 1. The molecular formula is C28H39N4O. The van der Waals surface area contributed by atoms with Gasteiger partial charge in [-0.1, -0.05) is 25.8 Å². The second-order valence-electron chi connectivity index (χ2n) is 10.9. The molecule has 1 aromatic carbocycles. The first-order valence-electron chi connectivity index (χ1n) is 13.1. The van der Waals surface area contributed by atoms with Crippen molar-refractivity contribution in [1.82, 2.24) is 10.3 Å². The molecule has 2 aromatic rings. The van der Waals surface area contributed by atoms with Gasteiger partial charge >= 0.3 is 0 Å². The van der Waals surface area contributed by atoms with Crippen molar-refractivity contribution < 1.29 is 4.79 Å². The molecule has 5 heteroatoms. The minimum atomic E-state index is 0.178. The van der Waals surface area contributed by atoms with E-state index in [-0.39, 0.29) is 11.3 Å². The lowest BCUT2D eigenvalue weighted by Gasteiger charge is -2.56. The maximum Gasteiger partial charge on any atom is 0.224 e. The largest absolute Gasteiger partial charge is 0.369 e. The summed E-state index contributed by atoms with van der Waals surface area (Å²) in [6, 6.07) is 10.1. The molecular weight excluding hydrogens is 408 g/mol. The average molecular weight is 448 g/mol. The van der Waals surface area contributed by atoms with Crippen molar-refractivity contribution in [2.45, 2.75) is 71.1 Å². The number of carbonyl (C=O) groups is 1. The van der Waals surface area contributed by atoms with Crippen LogP contribution in [0.3, 0.4) is 0 Å². The summed E-state index contributed by atoms with van der Waals surface area (Å²) in [4.78, 5) is 17.9. The first-order chi connectivity index (χ1) is 16.1. The number of nitrogens with one attached hydrogen (secondary N) is 3. The van der Waals surface area contributed by atoms with E-state index in [1.54, 1.807) is 0 Å². The molecule has 0 unspecified atom stereocenters. The number of amides is 1. The summed E-state index contributed by atoms with van der Waals surface area (Å²) in [6.45, 7) is 6.06. The van der Waals surface area contributed by atoms with Crippen LogP contribution in [0.15, 0.2) is 30.3 Å². The van der Waals surface area contributed by atoms with Crippen LogP contribution in [0.25, 0.3) is 10.9 Å². The van der Waals surface area contributed by atoms with Crippen molar-refractivity contribution in [2.24, 2.45) is 23.2 Å². The van der Waals surface area contributed by atoms with Crippen molar-refractivity contribution in [3.8, 4) is 0 Å². The van der Waals surface area contributed by atoms with Gasteiger partial charge in [-0.25, -0.2) is 4.98 Å². The molecule has 0 saturated heterocycles. The molecule has 0 atom stereocenters. The molecule has 3 N–H and O–H groups in total. The molecule has 1 heterocycles. The van der Waals surface area contributed by atoms with Gasteiger partial charge in [0.05, 0.1) is 11.2 Å². The summed E-state index contributed by atoms with van der Waals surface area (Å²) in [6.07, 6.45) is 12.3. The highest BCUT2D eigenvalue weighted by atomic mass is 16.1. The number of fused-ring (bicyclic) bond motifs is 1. The fourth-order valence-corrected chi connectivity index (χ4v) is 7.18. The molecule has 0 spiro atoms. The predicted molar refractivity (Wildman–Crippen MR) is 136 cm³/mol. The fraction of sp³-hybridized carbons (Fsp3) is 0.607. The van der Waals surface area contributed by atoms with E-state index in [9.17, 15) is 4.79 Å². The highest BCUT2D eigenvalue weighted by Crippen LogP contribution is 2.61. The Bertz CT molecular complexity index is 936. The van der Waals surface area contributed by atoms with Crippen LogP contribution in [0.5, 0.6) is 0 Å². The van der Waals surface area contributed by atoms with Gasteiger partial charge in [-0.2, -0.15) is 0 Å². The van der Waals surface area contributed by atoms with Crippen molar-refractivity contribution in [3.05, 3.63) is 36.9 Å². The van der Waals surface area contributed by atoms with Crippen LogP contribution in [0.2, 0.25) is 0 Å². The van der Waals surface area contributed by atoms with Crippen molar-refractivity contribution in [1.29, 1.82) is 0 Å². The molecule has 1 radical (unpaired) electrons. The van der Waals surface area contributed by atoms with Gasteiger partial charge in [-0.15, -0.1) is 0 Å². The molecule has 6 rings (SSSR count).